The Kier molecular flexibility index (Phi) is 6.79. The summed E-state index contributed by atoms with van der Waals surface area (Å²) in [6, 6.07) is 2.95. The van der Waals surface area contributed by atoms with Crippen LogP contribution in [0.3, 0.4) is 0 Å². The number of alkyl halides is 3. The Morgan fingerprint density at radius 1 is 1.07 bits per heavy atom. The first-order valence-corrected chi connectivity index (χ1v) is 14.3. The normalized spacial score (nSPS) is 22.8. The zero-order valence-corrected chi connectivity index (χ0v) is 22.8. The Morgan fingerprint density at radius 2 is 1.86 bits per heavy atom. The molecular weight excluding hydrogens is 583 g/mol. The van der Waals surface area contributed by atoms with Crippen molar-refractivity contribution in [1.29, 1.82) is 0 Å². The molecule has 2 bridgehead atoms. The molecule has 3 fully saturated rings. The molecule has 42 heavy (non-hydrogen) atoms. The molecule has 0 spiro atoms. The lowest BCUT2D eigenvalue weighted by atomic mass is 9.95. The first-order chi connectivity index (χ1) is 20.2. The maximum atomic E-state index is 16.6. The minimum absolute atomic E-state index is 0.00352. The number of rotatable bonds is 5. The summed E-state index contributed by atoms with van der Waals surface area (Å²) in [6.45, 7) is 2.07. The molecule has 7 rings (SSSR count). The van der Waals surface area contributed by atoms with Crippen molar-refractivity contribution in [2.75, 3.05) is 50.2 Å². The number of fused-ring (bicyclic) bond motifs is 4. The van der Waals surface area contributed by atoms with Crippen LogP contribution in [0.2, 0.25) is 0 Å². The van der Waals surface area contributed by atoms with Crippen LogP contribution in [0.4, 0.5) is 32.9 Å². The molecule has 222 valence electrons. The van der Waals surface area contributed by atoms with E-state index in [0.29, 0.717) is 26.3 Å². The van der Waals surface area contributed by atoms with Crippen LogP contribution in [0.15, 0.2) is 18.2 Å². The maximum Gasteiger partial charge on any atom is 0.417 e. The van der Waals surface area contributed by atoms with Crippen molar-refractivity contribution in [3.05, 3.63) is 35.4 Å². The predicted octanol–water partition coefficient (Wildman–Crippen LogP) is 4.52. The van der Waals surface area contributed by atoms with Gasteiger partial charge in [-0.2, -0.15) is 23.1 Å². The van der Waals surface area contributed by atoms with E-state index in [1.807, 2.05) is 4.90 Å². The van der Waals surface area contributed by atoms with E-state index in [0.717, 1.165) is 42.4 Å². The van der Waals surface area contributed by atoms with Crippen LogP contribution in [-0.2, 0) is 15.7 Å². The second-order valence-electron chi connectivity index (χ2n) is 10.6. The molecular formula is C27H25F5N6O3S. The Hall–Kier alpha value is -3.40. The van der Waals surface area contributed by atoms with Gasteiger partial charge in [0.1, 0.15) is 29.9 Å². The van der Waals surface area contributed by atoms with Gasteiger partial charge in [0.15, 0.2) is 10.9 Å². The number of hydrogen-bond donors (Lipinski definition) is 2. The molecule has 0 amide bonds. The van der Waals surface area contributed by atoms with Crippen molar-refractivity contribution < 1.29 is 36.2 Å². The molecule has 3 aliphatic heterocycles. The maximum absolute atomic E-state index is 16.6. The third-order valence-corrected chi connectivity index (χ3v) is 8.67. The number of halogens is 5. The lowest BCUT2D eigenvalue weighted by Crippen LogP contribution is -2.51. The Bertz CT molecular complexity index is 1670. The number of nitrogens with zero attached hydrogens (tertiary/aromatic N) is 4. The Labute approximate surface area is 239 Å². The predicted molar refractivity (Wildman–Crippen MR) is 146 cm³/mol. The van der Waals surface area contributed by atoms with Gasteiger partial charge in [-0.15, -0.1) is 0 Å². The van der Waals surface area contributed by atoms with Gasteiger partial charge in [-0.25, -0.2) is 13.8 Å². The van der Waals surface area contributed by atoms with Crippen LogP contribution < -0.4 is 20.7 Å². The van der Waals surface area contributed by atoms with Gasteiger partial charge >= 0.3 is 12.2 Å². The first-order valence-electron chi connectivity index (χ1n) is 13.4. The number of nitrogens with two attached hydrogens (primary N) is 1. The largest absolute Gasteiger partial charge is 0.461 e. The molecule has 3 atom stereocenters. The first kappa shape index (κ1) is 27.4. The number of hydrogen-bond acceptors (Lipinski definition) is 10. The third kappa shape index (κ3) is 4.87. The van der Waals surface area contributed by atoms with Gasteiger partial charge < -0.3 is 30.2 Å². The van der Waals surface area contributed by atoms with E-state index >= 15 is 4.39 Å². The highest BCUT2D eigenvalue weighted by molar-refractivity contribution is 7.22. The van der Waals surface area contributed by atoms with Crippen molar-refractivity contribution in [1.82, 2.24) is 20.3 Å². The van der Waals surface area contributed by atoms with Crippen molar-refractivity contribution in [3.8, 4) is 17.1 Å². The third-order valence-electron chi connectivity index (χ3n) is 7.78. The quantitative estimate of drug-likeness (QED) is 0.316. The minimum atomic E-state index is -4.97. The van der Waals surface area contributed by atoms with E-state index < -0.39 is 35.0 Å². The molecule has 0 saturated carbocycles. The summed E-state index contributed by atoms with van der Waals surface area (Å²) in [7, 11) is 0. The summed E-state index contributed by atoms with van der Waals surface area (Å²) in [5.41, 5.74) is 2.94. The summed E-state index contributed by atoms with van der Waals surface area (Å²) >= 11 is 0.768. The van der Waals surface area contributed by atoms with E-state index in [1.54, 1.807) is 0 Å². The Morgan fingerprint density at radius 3 is 2.57 bits per heavy atom. The monoisotopic (exact) mass is 608 g/mol. The van der Waals surface area contributed by atoms with Gasteiger partial charge in [0.2, 0.25) is 0 Å². The van der Waals surface area contributed by atoms with Crippen molar-refractivity contribution >= 4 is 43.4 Å². The molecule has 3 saturated heterocycles. The smallest absolute Gasteiger partial charge is 0.417 e. The van der Waals surface area contributed by atoms with E-state index in [4.69, 9.17) is 19.9 Å². The summed E-state index contributed by atoms with van der Waals surface area (Å²) in [5.74, 6) is -1.82. The topological polar surface area (TPSA) is 108 Å². The van der Waals surface area contributed by atoms with Gasteiger partial charge in [0.25, 0.3) is 0 Å². The molecule has 15 heteroatoms. The second-order valence-corrected chi connectivity index (χ2v) is 11.6. The van der Waals surface area contributed by atoms with Crippen LogP contribution >= 0.6 is 11.3 Å². The minimum Gasteiger partial charge on any atom is -0.461 e. The average molecular weight is 609 g/mol. The van der Waals surface area contributed by atoms with Crippen LogP contribution in [0.25, 0.3) is 32.2 Å². The average Bonchev–Trinajstić information content (AvgIpc) is 3.53. The summed E-state index contributed by atoms with van der Waals surface area (Å²) in [4.78, 5) is 14.6. The summed E-state index contributed by atoms with van der Waals surface area (Å²) < 4.78 is 91.8. The number of aromatic nitrogens is 3. The molecule has 0 radical (unpaired) electrons. The Balaban J connectivity index is 1.43. The lowest BCUT2D eigenvalue weighted by molar-refractivity contribution is -0.137. The number of benzene rings is 2. The lowest BCUT2D eigenvalue weighted by Gasteiger charge is -2.34. The SMILES string of the molecule is Nc1nc2c(-c3c(C(F)(F)F)cc4c(N5CC6CCC(C5)N6)nc(OCC5COCCO5)nc4c3F)ccc(F)c2s1. The molecule has 3 aliphatic rings. The van der Waals surface area contributed by atoms with E-state index in [1.165, 1.54) is 0 Å². The highest BCUT2D eigenvalue weighted by Crippen LogP contribution is 2.46. The molecule has 3 unspecified atom stereocenters. The van der Waals surface area contributed by atoms with Crippen LogP contribution in [-0.4, -0.2) is 72.7 Å². The van der Waals surface area contributed by atoms with Crippen molar-refractivity contribution in [3.63, 3.8) is 0 Å². The van der Waals surface area contributed by atoms with Crippen LogP contribution in [0.1, 0.15) is 18.4 Å². The molecule has 2 aromatic carbocycles. The standard InChI is InChI=1S/C27H25F5N6O3S/c28-18-4-3-15(22-23(18)42-25(33)35-22)19-17(27(30,31)32)7-16-21(20(19)29)36-26(41-11-14-10-39-5-6-40-14)37-24(16)38-8-12-1-2-13(9-38)34-12/h3-4,7,12-14,34H,1-2,5-6,8-11H2,(H2,33,35). The van der Waals surface area contributed by atoms with Gasteiger partial charge in [-0.1, -0.05) is 11.3 Å². The van der Waals surface area contributed by atoms with Crippen molar-refractivity contribution in [2.24, 2.45) is 0 Å². The fraction of sp³-hybridized carbons (Fsp3) is 0.444. The van der Waals surface area contributed by atoms with E-state index in [9.17, 15) is 17.6 Å². The van der Waals surface area contributed by atoms with E-state index in [-0.39, 0.29) is 68.9 Å². The van der Waals surface area contributed by atoms with Crippen molar-refractivity contribution in [2.45, 2.75) is 37.2 Å². The fourth-order valence-corrected chi connectivity index (χ4v) is 6.71. The molecule has 4 aromatic rings. The second kappa shape index (κ2) is 10.4. The zero-order chi connectivity index (χ0) is 29.2. The number of piperazine rings is 1. The fourth-order valence-electron chi connectivity index (χ4n) is 5.95. The zero-order valence-electron chi connectivity index (χ0n) is 22.0. The highest BCUT2D eigenvalue weighted by atomic mass is 32.1. The number of thiazole rings is 1. The molecule has 5 heterocycles. The van der Waals surface area contributed by atoms with E-state index in [2.05, 4.69) is 20.3 Å². The van der Waals surface area contributed by atoms with Crippen LogP contribution in [0, 0.1) is 11.6 Å². The van der Waals surface area contributed by atoms with Gasteiger partial charge in [0, 0.05) is 41.7 Å². The van der Waals surface area contributed by atoms with Gasteiger partial charge in [-0.3, -0.25) is 0 Å². The molecule has 0 aliphatic carbocycles. The number of nitrogens with one attached hydrogen (secondary N) is 1. The van der Waals surface area contributed by atoms with Gasteiger partial charge in [0.05, 0.1) is 35.6 Å². The molecule has 2 aromatic heterocycles. The van der Waals surface area contributed by atoms with Crippen LogP contribution in [0.5, 0.6) is 6.01 Å². The number of ether oxygens (including phenoxy) is 3. The molecule has 3 N–H and O–H groups in total. The summed E-state index contributed by atoms with van der Waals surface area (Å²) in [6.07, 6.45) is -3.56. The molecule has 9 nitrogen and oxygen atoms in total. The van der Waals surface area contributed by atoms with Gasteiger partial charge in [-0.05, 0) is 31.0 Å². The highest BCUT2D eigenvalue weighted by Gasteiger charge is 2.39. The number of nitrogen functional groups attached to an aromatic ring is 1. The number of anilines is 2. The summed E-state index contributed by atoms with van der Waals surface area (Å²) in [5, 5.41) is 3.31.